The summed E-state index contributed by atoms with van der Waals surface area (Å²) in [5, 5.41) is 0. The average molecular weight is 815 g/mol. The van der Waals surface area contributed by atoms with Gasteiger partial charge in [0, 0.05) is 19.3 Å². The van der Waals surface area contributed by atoms with Gasteiger partial charge in [-0.25, -0.2) is 0 Å². The molecule has 0 saturated heterocycles. The number of esters is 3. The largest absolute Gasteiger partial charge is 0.462 e. The molecule has 0 aromatic heterocycles. The van der Waals surface area contributed by atoms with Crippen molar-refractivity contribution in [3.63, 3.8) is 0 Å². The number of carbonyl (C=O) groups is 3. The third-order valence-electron chi connectivity index (χ3n) is 10.8. The van der Waals surface area contributed by atoms with Crippen molar-refractivity contribution < 1.29 is 28.6 Å². The highest BCUT2D eigenvalue weighted by atomic mass is 16.6. The van der Waals surface area contributed by atoms with Crippen molar-refractivity contribution in [2.75, 3.05) is 13.2 Å². The van der Waals surface area contributed by atoms with E-state index >= 15 is 0 Å². The molecule has 0 fully saturated rings. The second-order valence-electron chi connectivity index (χ2n) is 16.7. The molecule has 0 N–H and O–H groups in total. The van der Waals surface area contributed by atoms with Crippen LogP contribution >= 0.6 is 0 Å². The van der Waals surface area contributed by atoms with E-state index in [1.54, 1.807) is 0 Å². The zero-order chi connectivity index (χ0) is 42.3. The average Bonchev–Trinajstić information content (AvgIpc) is 3.22. The number of ether oxygens (including phenoxy) is 3. The molecule has 58 heavy (non-hydrogen) atoms. The van der Waals surface area contributed by atoms with Crippen molar-refractivity contribution in [1.29, 1.82) is 0 Å². The number of hydrogen-bond acceptors (Lipinski definition) is 6. The van der Waals surface area contributed by atoms with E-state index in [9.17, 15) is 14.4 Å². The quantitative estimate of drug-likeness (QED) is 0.0264. The van der Waals surface area contributed by atoms with E-state index in [0.717, 1.165) is 89.9 Å². The Hall–Kier alpha value is -2.37. The first-order valence-electron chi connectivity index (χ1n) is 25.0. The Bertz CT molecular complexity index is 984. The van der Waals surface area contributed by atoms with Crippen molar-refractivity contribution in [3.8, 4) is 0 Å². The minimum atomic E-state index is -0.779. The van der Waals surface area contributed by atoms with Gasteiger partial charge in [-0.15, -0.1) is 0 Å². The summed E-state index contributed by atoms with van der Waals surface area (Å²) in [4.78, 5) is 37.8. The maximum absolute atomic E-state index is 12.8. The van der Waals surface area contributed by atoms with Gasteiger partial charge in [-0.1, -0.05) is 186 Å². The molecule has 0 rings (SSSR count). The molecule has 0 amide bonds. The number of unbranched alkanes of at least 4 members (excludes halogenated alkanes) is 28. The molecular formula is C52H94O6. The monoisotopic (exact) mass is 815 g/mol. The molecule has 0 spiro atoms. The predicted octanol–water partition coefficient (Wildman–Crippen LogP) is 16.1. The lowest BCUT2D eigenvalue weighted by atomic mass is 10.1. The van der Waals surface area contributed by atoms with Gasteiger partial charge >= 0.3 is 17.9 Å². The second kappa shape index (κ2) is 47.3. The topological polar surface area (TPSA) is 78.9 Å². The number of carbonyl (C=O) groups excluding carboxylic acids is 3. The van der Waals surface area contributed by atoms with E-state index in [2.05, 4.69) is 57.2 Å². The molecule has 1 unspecified atom stereocenters. The van der Waals surface area contributed by atoms with Crippen LogP contribution < -0.4 is 0 Å². The Balaban J connectivity index is 4.37. The van der Waals surface area contributed by atoms with E-state index in [0.29, 0.717) is 19.3 Å². The Morgan fingerprint density at radius 2 is 0.603 bits per heavy atom. The van der Waals surface area contributed by atoms with Crippen LogP contribution in [-0.2, 0) is 28.6 Å². The minimum Gasteiger partial charge on any atom is -0.462 e. The maximum atomic E-state index is 12.8. The summed E-state index contributed by atoms with van der Waals surface area (Å²) in [7, 11) is 0. The lowest BCUT2D eigenvalue weighted by Gasteiger charge is -2.18. The van der Waals surface area contributed by atoms with Crippen molar-refractivity contribution >= 4 is 17.9 Å². The van der Waals surface area contributed by atoms with Crippen LogP contribution in [0.15, 0.2) is 36.5 Å². The van der Waals surface area contributed by atoms with Crippen LogP contribution in [-0.4, -0.2) is 37.2 Å². The first kappa shape index (κ1) is 55.6. The van der Waals surface area contributed by atoms with Gasteiger partial charge in [0.1, 0.15) is 13.2 Å². The van der Waals surface area contributed by atoms with Crippen molar-refractivity contribution in [3.05, 3.63) is 36.5 Å². The third kappa shape index (κ3) is 44.7. The number of allylic oxidation sites excluding steroid dienone is 6. The molecule has 0 aliphatic rings. The molecule has 0 aromatic carbocycles. The highest BCUT2D eigenvalue weighted by Gasteiger charge is 2.19. The molecule has 0 saturated carbocycles. The van der Waals surface area contributed by atoms with Crippen LogP contribution in [0.5, 0.6) is 0 Å². The van der Waals surface area contributed by atoms with Crippen LogP contribution in [0.25, 0.3) is 0 Å². The lowest BCUT2D eigenvalue weighted by molar-refractivity contribution is -0.167. The number of hydrogen-bond donors (Lipinski definition) is 0. The Morgan fingerprint density at radius 3 is 0.931 bits per heavy atom. The van der Waals surface area contributed by atoms with Gasteiger partial charge in [0.25, 0.3) is 0 Å². The summed E-state index contributed by atoms with van der Waals surface area (Å²) in [6.45, 7) is 6.55. The molecule has 0 aromatic rings. The fraction of sp³-hybridized carbons (Fsp3) is 0.827. The van der Waals surface area contributed by atoms with E-state index in [-0.39, 0.29) is 31.1 Å². The summed E-state index contributed by atoms with van der Waals surface area (Å²) < 4.78 is 16.7. The molecule has 0 heterocycles. The zero-order valence-electron chi connectivity index (χ0n) is 38.6. The van der Waals surface area contributed by atoms with Crippen molar-refractivity contribution in [1.82, 2.24) is 0 Å². The van der Waals surface area contributed by atoms with Crippen LogP contribution in [0.4, 0.5) is 0 Å². The molecule has 0 bridgehead atoms. The second-order valence-corrected chi connectivity index (χ2v) is 16.7. The summed E-state index contributed by atoms with van der Waals surface area (Å²) in [6.07, 6.45) is 54.1. The van der Waals surface area contributed by atoms with Gasteiger partial charge in [-0.05, 0) is 89.9 Å². The molecule has 338 valence electrons. The van der Waals surface area contributed by atoms with Crippen LogP contribution in [0.3, 0.4) is 0 Å². The van der Waals surface area contributed by atoms with Crippen LogP contribution in [0, 0.1) is 0 Å². The molecular weight excluding hydrogens is 721 g/mol. The highest BCUT2D eigenvalue weighted by Crippen LogP contribution is 2.14. The van der Waals surface area contributed by atoms with Crippen LogP contribution in [0.1, 0.15) is 258 Å². The highest BCUT2D eigenvalue weighted by molar-refractivity contribution is 5.71. The first-order valence-corrected chi connectivity index (χ1v) is 25.0. The minimum absolute atomic E-state index is 0.0813. The zero-order valence-corrected chi connectivity index (χ0v) is 38.6. The summed E-state index contributed by atoms with van der Waals surface area (Å²) in [5.74, 6) is -0.903. The van der Waals surface area contributed by atoms with E-state index in [1.807, 2.05) is 0 Å². The third-order valence-corrected chi connectivity index (χ3v) is 10.8. The van der Waals surface area contributed by atoms with Crippen molar-refractivity contribution in [2.24, 2.45) is 0 Å². The summed E-state index contributed by atoms with van der Waals surface area (Å²) in [5.41, 5.74) is 0. The number of rotatable bonds is 45. The Morgan fingerprint density at radius 1 is 0.328 bits per heavy atom. The van der Waals surface area contributed by atoms with E-state index in [4.69, 9.17) is 14.2 Å². The van der Waals surface area contributed by atoms with E-state index < -0.39 is 6.10 Å². The fourth-order valence-corrected chi connectivity index (χ4v) is 7.02. The van der Waals surface area contributed by atoms with Crippen LogP contribution in [0.2, 0.25) is 0 Å². The predicted molar refractivity (Wildman–Crippen MR) is 247 cm³/mol. The van der Waals surface area contributed by atoms with Gasteiger partial charge < -0.3 is 14.2 Å². The molecule has 6 nitrogen and oxygen atoms in total. The molecule has 1 atom stereocenters. The maximum Gasteiger partial charge on any atom is 0.306 e. The lowest BCUT2D eigenvalue weighted by Crippen LogP contribution is -2.30. The smallest absolute Gasteiger partial charge is 0.306 e. The molecule has 0 aliphatic heterocycles. The van der Waals surface area contributed by atoms with Gasteiger partial charge in [-0.2, -0.15) is 0 Å². The van der Waals surface area contributed by atoms with Gasteiger partial charge in [0.2, 0.25) is 0 Å². The van der Waals surface area contributed by atoms with Gasteiger partial charge in [0.15, 0.2) is 6.10 Å². The normalized spacial score (nSPS) is 12.3. The fourth-order valence-electron chi connectivity index (χ4n) is 7.02. The molecule has 0 aliphatic carbocycles. The van der Waals surface area contributed by atoms with E-state index in [1.165, 1.54) is 128 Å². The summed E-state index contributed by atoms with van der Waals surface area (Å²) >= 11 is 0. The molecule has 0 radical (unpaired) electrons. The Labute approximate surface area is 359 Å². The first-order chi connectivity index (χ1) is 28.5. The van der Waals surface area contributed by atoms with Crippen molar-refractivity contribution in [2.45, 2.75) is 264 Å². The molecule has 6 heteroatoms. The van der Waals surface area contributed by atoms with Gasteiger partial charge in [-0.3, -0.25) is 14.4 Å². The van der Waals surface area contributed by atoms with Gasteiger partial charge in [0.05, 0.1) is 0 Å². The Kier molecular flexibility index (Phi) is 45.4. The summed E-state index contributed by atoms with van der Waals surface area (Å²) in [6, 6.07) is 0. The SMILES string of the molecule is CCC/C=C\CCCCCCCC(=O)OCC(COC(=O)CCCCCCC/C=C\CCCCCCCC)OC(=O)CCCCCCC/C=C\CCCCCCCC. The standard InChI is InChI=1S/C52H94O6/c1-4-7-10-13-16-19-22-24-26-28-30-33-36-39-42-45-51(54)57-48-49(47-56-50(53)44-41-38-35-32-21-18-15-12-9-6-3)58-52(55)46-43-40-37-34-31-29-27-25-23-20-17-14-11-8-5-2/h12,15,24-27,49H,4-11,13-14,16-23,28-48H2,1-3H3/b15-12-,26-24-,27-25-.